The van der Waals surface area contributed by atoms with Crippen LogP contribution in [-0.4, -0.2) is 37.2 Å². The van der Waals surface area contributed by atoms with Gasteiger partial charge in [-0.15, -0.1) is 0 Å². The highest BCUT2D eigenvalue weighted by Gasteiger charge is 2.53. The van der Waals surface area contributed by atoms with Crippen molar-refractivity contribution in [1.82, 2.24) is 4.90 Å². The van der Waals surface area contributed by atoms with Crippen LogP contribution in [0.1, 0.15) is 25.3 Å². The van der Waals surface area contributed by atoms with Crippen molar-refractivity contribution >= 4 is 16.7 Å². The van der Waals surface area contributed by atoms with Crippen LogP contribution in [0, 0.1) is 23.7 Å². The number of ether oxygens (including phenoxy) is 2. The first kappa shape index (κ1) is 17.1. The molecule has 2 aromatic rings. The molecular weight excluding hydrogens is 338 g/mol. The highest BCUT2D eigenvalue weighted by Crippen LogP contribution is 2.57. The molecule has 1 aliphatic heterocycles. The molecular formula is C23H27NO3. The van der Waals surface area contributed by atoms with Crippen molar-refractivity contribution < 1.29 is 14.3 Å². The standard InChI is InChI=1S/C23H27NO3/c1-14-21-9-20(10-22(14)21)27-19-6-5-16-7-15(3-4-17(16)8-19)11-24-12-18(13-24)23(25)26-2/h3-8,14,18,20-22H,9-13H2,1-2H3/t14-,20-,21+,22-. The third-order valence-corrected chi connectivity index (χ3v) is 6.91. The Kier molecular flexibility index (Phi) is 4.12. The molecule has 0 unspecified atom stereocenters. The van der Waals surface area contributed by atoms with Crippen molar-refractivity contribution in [1.29, 1.82) is 0 Å². The molecule has 2 aromatic carbocycles. The van der Waals surface area contributed by atoms with E-state index in [1.54, 1.807) is 0 Å². The van der Waals surface area contributed by atoms with Gasteiger partial charge in [0.2, 0.25) is 0 Å². The van der Waals surface area contributed by atoms with E-state index in [9.17, 15) is 4.79 Å². The molecule has 0 radical (unpaired) electrons. The first-order chi connectivity index (χ1) is 13.1. The van der Waals surface area contributed by atoms with Gasteiger partial charge in [0.25, 0.3) is 0 Å². The normalized spacial score (nSPS) is 30.0. The Morgan fingerprint density at radius 3 is 2.52 bits per heavy atom. The molecule has 0 N–H and O–H groups in total. The molecule has 0 aromatic heterocycles. The molecule has 4 atom stereocenters. The van der Waals surface area contributed by atoms with E-state index in [0.717, 1.165) is 43.1 Å². The Morgan fingerprint density at radius 2 is 1.78 bits per heavy atom. The fourth-order valence-corrected chi connectivity index (χ4v) is 5.13. The van der Waals surface area contributed by atoms with Gasteiger partial charge in [0.1, 0.15) is 5.75 Å². The van der Waals surface area contributed by atoms with E-state index in [1.165, 1.54) is 36.3 Å². The van der Waals surface area contributed by atoms with E-state index in [4.69, 9.17) is 9.47 Å². The van der Waals surface area contributed by atoms with Crippen LogP contribution in [0.25, 0.3) is 10.8 Å². The maximum Gasteiger partial charge on any atom is 0.311 e. The van der Waals surface area contributed by atoms with Gasteiger partial charge in [0.15, 0.2) is 0 Å². The Morgan fingerprint density at radius 1 is 1.07 bits per heavy atom. The zero-order valence-electron chi connectivity index (χ0n) is 16.1. The second-order valence-electron chi connectivity index (χ2n) is 8.66. The van der Waals surface area contributed by atoms with Gasteiger partial charge < -0.3 is 9.47 Å². The minimum atomic E-state index is -0.0914. The summed E-state index contributed by atoms with van der Waals surface area (Å²) in [6.45, 7) is 4.83. The number of hydrogen-bond acceptors (Lipinski definition) is 4. The number of carbonyl (C=O) groups excluding carboxylic acids is 1. The van der Waals surface area contributed by atoms with E-state index in [1.807, 2.05) is 0 Å². The first-order valence-corrected chi connectivity index (χ1v) is 10.1. The van der Waals surface area contributed by atoms with Crippen molar-refractivity contribution in [2.24, 2.45) is 23.7 Å². The van der Waals surface area contributed by atoms with E-state index in [2.05, 4.69) is 48.2 Å². The third kappa shape index (κ3) is 3.20. The number of fused-ring (bicyclic) bond motifs is 2. The lowest BCUT2D eigenvalue weighted by molar-refractivity contribution is -0.151. The third-order valence-electron chi connectivity index (χ3n) is 6.91. The van der Waals surface area contributed by atoms with Crippen LogP contribution in [0.2, 0.25) is 0 Å². The van der Waals surface area contributed by atoms with Crippen molar-refractivity contribution in [2.75, 3.05) is 20.2 Å². The number of benzene rings is 2. The molecule has 0 bridgehead atoms. The van der Waals surface area contributed by atoms with Gasteiger partial charge >= 0.3 is 5.97 Å². The summed E-state index contributed by atoms with van der Waals surface area (Å²) in [5.74, 6) is 3.70. The molecule has 27 heavy (non-hydrogen) atoms. The number of hydrogen-bond donors (Lipinski definition) is 0. The maximum atomic E-state index is 11.5. The number of likely N-dealkylation sites (tertiary alicyclic amines) is 1. The van der Waals surface area contributed by atoms with Crippen molar-refractivity contribution in [3.8, 4) is 5.75 Å². The molecule has 1 heterocycles. The molecule has 4 heteroatoms. The molecule has 3 aliphatic rings. The summed E-state index contributed by atoms with van der Waals surface area (Å²) >= 11 is 0. The predicted molar refractivity (Wildman–Crippen MR) is 105 cm³/mol. The summed E-state index contributed by atoms with van der Waals surface area (Å²) in [4.78, 5) is 13.8. The van der Waals surface area contributed by atoms with Crippen LogP contribution in [0.4, 0.5) is 0 Å². The highest BCUT2D eigenvalue weighted by atomic mass is 16.5. The van der Waals surface area contributed by atoms with E-state index >= 15 is 0 Å². The molecule has 142 valence electrons. The molecule has 0 spiro atoms. The summed E-state index contributed by atoms with van der Waals surface area (Å²) in [7, 11) is 1.46. The molecule has 3 fully saturated rings. The average Bonchev–Trinajstić information content (AvgIpc) is 3.04. The predicted octanol–water partition coefficient (Wildman–Crippen LogP) is 3.87. The number of rotatable bonds is 5. The number of methoxy groups -OCH3 is 1. The van der Waals surface area contributed by atoms with Crippen molar-refractivity contribution in [3.05, 3.63) is 42.0 Å². The van der Waals surface area contributed by atoms with Crippen molar-refractivity contribution in [3.63, 3.8) is 0 Å². The fourth-order valence-electron chi connectivity index (χ4n) is 5.13. The molecule has 2 aliphatic carbocycles. The largest absolute Gasteiger partial charge is 0.490 e. The van der Waals surface area contributed by atoms with Crippen LogP contribution in [0.15, 0.2) is 36.4 Å². The molecule has 5 rings (SSSR count). The van der Waals surface area contributed by atoms with Crippen LogP contribution in [0.5, 0.6) is 5.75 Å². The maximum absolute atomic E-state index is 11.5. The SMILES string of the molecule is COC(=O)C1CN(Cc2ccc3cc(O[C@H]4C[C@@H]5[C@H](C)[C@@H]5C4)ccc3c2)C1. The number of esters is 1. The van der Waals surface area contributed by atoms with E-state index in [0.29, 0.717) is 6.10 Å². The second-order valence-corrected chi connectivity index (χ2v) is 8.66. The Hall–Kier alpha value is -2.07. The zero-order valence-corrected chi connectivity index (χ0v) is 16.1. The van der Waals surface area contributed by atoms with Gasteiger partial charge in [0, 0.05) is 19.6 Å². The lowest BCUT2D eigenvalue weighted by Crippen LogP contribution is -2.49. The van der Waals surface area contributed by atoms with Crippen LogP contribution < -0.4 is 4.74 Å². The van der Waals surface area contributed by atoms with E-state index < -0.39 is 0 Å². The van der Waals surface area contributed by atoms with Crippen LogP contribution in [-0.2, 0) is 16.1 Å². The summed E-state index contributed by atoms with van der Waals surface area (Å²) in [6.07, 6.45) is 2.86. The Bertz CT molecular complexity index is 861. The van der Waals surface area contributed by atoms with Gasteiger partial charge in [-0.1, -0.05) is 25.1 Å². The van der Waals surface area contributed by atoms with E-state index in [-0.39, 0.29) is 11.9 Å². The lowest BCUT2D eigenvalue weighted by Gasteiger charge is -2.37. The lowest BCUT2D eigenvalue weighted by atomic mass is 9.99. The smallest absolute Gasteiger partial charge is 0.311 e. The minimum Gasteiger partial charge on any atom is -0.490 e. The van der Waals surface area contributed by atoms with Gasteiger partial charge in [-0.3, -0.25) is 9.69 Å². The zero-order chi connectivity index (χ0) is 18.5. The van der Waals surface area contributed by atoms with Gasteiger partial charge in [-0.05, 0) is 65.1 Å². The molecule has 4 nitrogen and oxygen atoms in total. The number of carbonyl (C=O) groups is 1. The second kappa shape index (κ2) is 6.52. The topological polar surface area (TPSA) is 38.8 Å². The van der Waals surface area contributed by atoms with Crippen LogP contribution >= 0.6 is 0 Å². The molecule has 2 saturated carbocycles. The van der Waals surface area contributed by atoms with Gasteiger partial charge in [-0.2, -0.15) is 0 Å². The first-order valence-electron chi connectivity index (χ1n) is 10.1. The fraction of sp³-hybridized carbons (Fsp3) is 0.522. The summed E-state index contributed by atoms with van der Waals surface area (Å²) in [5.41, 5.74) is 1.28. The summed E-state index contributed by atoms with van der Waals surface area (Å²) in [5, 5.41) is 2.47. The van der Waals surface area contributed by atoms with Crippen molar-refractivity contribution in [2.45, 2.75) is 32.4 Å². The monoisotopic (exact) mass is 365 g/mol. The van der Waals surface area contributed by atoms with Gasteiger partial charge in [-0.25, -0.2) is 0 Å². The highest BCUT2D eigenvalue weighted by molar-refractivity contribution is 5.84. The Balaban J connectivity index is 1.21. The minimum absolute atomic E-state index is 0.0415. The molecule has 1 saturated heterocycles. The number of nitrogens with zero attached hydrogens (tertiary/aromatic N) is 1. The summed E-state index contributed by atoms with van der Waals surface area (Å²) in [6, 6.07) is 13.1. The van der Waals surface area contributed by atoms with Crippen LogP contribution in [0.3, 0.4) is 0 Å². The summed E-state index contributed by atoms with van der Waals surface area (Å²) < 4.78 is 11.1. The average molecular weight is 365 g/mol. The molecule has 0 amide bonds. The quantitative estimate of drug-likeness (QED) is 0.754. The van der Waals surface area contributed by atoms with Gasteiger partial charge in [0.05, 0.1) is 19.1 Å². The Labute approximate surface area is 160 Å².